The second-order valence-corrected chi connectivity index (χ2v) is 10.3. The average Bonchev–Trinajstić information content (AvgIpc) is 2.82. The molecule has 26 heavy (non-hydrogen) atoms. The molecule has 0 saturated heterocycles. The molecule has 0 aliphatic heterocycles. The molecule has 0 aromatic rings. The number of carbonyl (C=O) groups excluding carboxylic acids is 3. The summed E-state index contributed by atoms with van der Waals surface area (Å²) in [6.07, 6.45) is 6.79. The summed E-state index contributed by atoms with van der Waals surface area (Å²) in [5.41, 5.74) is -0.424. The van der Waals surface area contributed by atoms with E-state index in [9.17, 15) is 14.4 Å². The van der Waals surface area contributed by atoms with E-state index >= 15 is 0 Å². The zero-order chi connectivity index (χ0) is 18.9. The fourth-order valence-corrected chi connectivity index (χ4v) is 7.49. The Balaban J connectivity index is 1.66. The average molecular weight is 360 g/mol. The molecule has 4 fully saturated rings. The summed E-state index contributed by atoms with van der Waals surface area (Å²) in [6.45, 7) is 8.15. The first kappa shape index (κ1) is 18.2. The lowest BCUT2D eigenvalue weighted by atomic mass is 9.40. The standard InChI is InChI=1S/C22H32O4/c1-13(23)26-14-7-10-22(4)19-15(8-9-20(22,2)11-14)16-5-6-18(25)21(16,3)12-17(19)24/h14-16,19H,5-12H2,1-4H3/t14-,15+,16+,19+,20+,21+,22-/m1/s1. The summed E-state index contributed by atoms with van der Waals surface area (Å²) in [4.78, 5) is 37.3. The van der Waals surface area contributed by atoms with Crippen molar-refractivity contribution in [2.75, 3.05) is 0 Å². The fourth-order valence-electron chi connectivity index (χ4n) is 7.49. The molecule has 0 radical (unpaired) electrons. The Hall–Kier alpha value is -1.19. The quantitative estimate of drug-likeness (QED) is 0.661. The van der Waals surface area contributed by atoms with Crippen molar-refractivity contribution in [3.63, 3.8) is 0 Å². The van der Waals surface area contributed by atoms with Gasteiger partial charge in [0.2, 0.25) is 0 Å². The van der Waals surface area contributed by atoms with Crippen molar-refractivity contribution < 1.29 is 19.1 Å². The van der Waals surface area contributed by atoms with E-state index in [1.807, 2.05) is 0 Å². The number of hydrogen-bond donors (Lipinski definition) is 0. The van der Waals surface area contributed by atoms with Crippen LogP contribution in [0.4, 0.5) is 0 Å². The predicted molar refractivity (Wildman–Crippen MR) is 97.3 cm³/mol. The highest BCUT2D eigenvalue weighted by Crippen LogP contribution is 2.68. The van der Waals surface area contributed by atoms with E-state index in [4.69, 9.17) is 4.74 Å². The lowest BCUT2D eigenvalue weighted by Gasteiger charge is -2.63. The first-order chi connectivity index (χ1) is 12.1. The Labute approximate surface area is 156 Å². The number of ketones is 2. The van der Waals surface area contributed by atoms with Crippen LogP contribution in [0.2, 0.25) is 0 Å². The first-order valence-electron chi connectivity index (χ1n) is 10.3. The van der Waals surface area contributed by atoms with Gasteiger partial charge in [0.1, 0.15) is 17.7 Å². The lowest BCUT2D eigenvalue weighted by molar-refractivity contribution is -0.186. The number of fused-ring (bicyclic) bond motifs is 5. The Bertz CT molecular complexity index is 669. The van der Waals surface area contributed by atoms with E-state index in [-0.39, 0.29) is 28.8 Å². The van der Waals surface area contributed by atoms with Crippen LogP contribution in [0.1, 0.15) is 79.1 Å². The molecule has 0 N–H and O–H groups in total. The van der Waals surface area contributed by atoms with Crippen LogP contribution in [0.25, 0.3) is 0 Å². The Morgan fingerprint density at radius 1 is 1.08 bits per heavy atom. The molecule has 0 amide bonds. The van der Waals surface area contributed by atoms with Crippen molar-refractivity contribution in [2.24, 2.45) is 34.0 Å². The minimum absolute atomic E-state index is 0.0147. The van der Waals surface area contributed by atoms with E-state index in [2.05, 4.69) is 20.8 Å². The van der Waals surface area contributed by atoms with Gasteiger partial charge in [-0.05, 0) is 61.2 Å². The molecule has 4 heteroatoms. The van der Waals surface area contributed by atoms with Gasteiger partial charge in [-0.1, -0.05) is 20.8 Å². The van der Waals surface area contributed by atoms with Gasteiger partial charge in [-0.15, -0.1) is 0 Å². The van der Waals surface area contributed by atoms with Gasteiger partial charge in [0.05, 0.1) is 0 Å². The summed E-state index contributed by atoms with van der Waals surface area (Å²) in [7, 11) is 0. The highest BCUT2D eigenvalue weighted by Gasteiger charge is 2.66. The highest BCUT2D eigenvalue weighted by atomic mass is 16.5. The van der Waals surface area contributed by atoms with Gasteiger partial charge in [-0.3, -0.25) is 14.4 Å². The van der Waals surface area contributed by atoms with Gasteiger partial charge in [0.25, 0.3) is 0 Å². The van der Waals surface area contributed by atoms with E-state index in [1.54, 1.807) is 0 Å². The number of esters is 1. The van der Waals surface area contributed by atoms with Crippen LogP contribution in [0.3, 0.4) is 0 Å². The van der Waals surface area contributed by atoms with Crippen LogP contribution in [0.5, 0.6) is 0 Å². The molecular weight excluding hydrogens is 328 g/mol. The van der Waals surface area contributed by atoms with Crippen LogP contribution in [-0.4, -0.2) is 23.6 Å². The van der Waals surface area contributed by atoms with E-state index < -0.39 is 5.41 Å². The number of rotatable bonds is 1. The molecule has 144 valence electrons. The molecule has 0 aromatic carbocycles. The van der Waals surface area contributed by atoms with E-state index in [0.717, 1.165) is 38.5 Å². The Morgan fingerprint density at radius 3 is 2.50 bits per heavy atom. The SMILES string of the molecule is CC(=O)O[C@@H]1CC[C@]2(C)[C@@H]3C(=O)C[C@]4(C)C(=O)CC[C@H]4[C@@H]3CC[C@@]2(C)C1. The Kier molecular flexibility index (Phi) is 3.95. The maximum atomic E-state index is 13.3. The van der Waals surface area contributed by atoms with E-state index in [0.29, 0.717) is 36.2 Å². The molecule has 0 heterocycles. The van der Waals surface area contributed by atoms with Crippen LogP contribution < -0.4 is 0 Å². The Morgan fingerprint density at radius 2 is 1.81 bits per heavy atom. The smallest absolute Gasteiger partial charge is 0.302 e. The molecule has 4 aliphatic carbocycles. The first-order valence-corrected chi connectivity index (χ1v) is 10.3. The zero-order valence-corrected chi connectivity index (χ0v) is 16.6. The van der Waals surface area contributed by atoms with Crippen LogP contribution >= 0.6 is 0 Å². The number of ether oxygens (including phenoxy) is 1. The molecule has 4 nitrogen and oxygen atoms in total. The molecule has 4 saturated carbocycles. The van der Waals surface area contributed by atoms with Gasteiger partial charge >= 0.3 is 5.97 Å². The maximum Gasteiger partial charge on any atom is 0.302 e. The molecule has 0 aromatic heterocycles. The van der Waals surface area contributed by atoms with Crippen molar-refractivity contribution in [3.05, 3.63) is 0 Å². The normalized spacial score (nSPS) is 50.6. The third kappa shape index (κ3) is 2.29. The molecule has 4 aliphatic rings. The highest BCUT2D eigenvalue weighted by molar-refractivity contribution is 5.95. The van der Waals surface area contributed by atoms with Gasteiger partial charge in [-0.2, -0.15) is 0 Å². The second kappa shape index (κ2) is 5.65. The van der Waals surface area contributed by atoms with Crippen LogP contribution in [0, 0.1) is 34.0 Å². The lowest BCUT2D eigenvalue weighted by Crippen LogP contribution is -2.61. The van der Waals surface area contributed by atoms with Crippen LogP contribution in [0.15, 0.2) is 0 Å². The predicted octanol–water partition coefficient (Wildman–Crippen LogP) is 4.10. The van der Waals surface area contributed by atoms with Gasteiger partial charge in [0.15, 0.2) is 0 Å². The molecule has 7 atom stereocenters. The van der Waals surface area contributed by atoms with Crippen molar-refractivity contribution in [1.82, 2.24) is 0 Å². The monoisotopic (exact) mass is 360 g/mol. The van der Waals surface area contributed by atoms with Crippen molar-refractivity contribution in [2.45, 2.75) is 85.2 Å². The fraction of sp³-hybridized carbons (Fsp3) is 0.864. The molecule has 0 unspecified atom stereocenters. The zero-order valence-electron chi connectivity index (χ0n) is 16.6. The number of Topliss-reactive ketones (excluding diaryl/α,β-unsaturated/α-hetero) is 2. The van der Waals surface area contributed by atoms with Crippen molar-refractivity contribution >= 4 is 17.5 Å². The number of carbonyl (C=O) groups is 3. The second-order valence-electron chi connectivity index (χ2n) is 10.3. The minimum atomic E-state index is -0.405. The summed E-state index contributed by atoms with van der Waals surface area (Å²) >= 11 is 0. The topological polar surface area (TPSA) is 60.4 Å². The third-order valence-electron chi connectivity index (χ3n) is 9.06. The van der Waals surface area contributed by atoms with Crippen molar-refractivity contribution in [3.8, 4) is 0 Å². The summed E-state index contributed by atoms with van der Waals surface area (Å²) in [6, 6.07) is 0. The maximum absolute atomic E-state index is 13.3. The third-order valence-corrected chi connectivity index (χ3v) is 9.06. The summed E-state index contributed by atoms with van der Waals surface area (Å²) < 4.78 is 5.54. The van der Waals surface area contributed by atoms with E-state index in [1.165, 1.54) is 6.92 Å². The minimum Gasteiger partial charge on any atom is -0.463 e. The van der Waals surface area contributed by atoms with Gasteiger partial charge in [-0.25, -0.2) is 0 Å². The molecule has 0 spiro atoms. The largest absolute Gasteiger partial charge is 0.463 e. The molecule has 4 rings (SSSR count). The van der Waals surface area contributed by atoms with Gasteiger partial charge in [0, 0.05) is 31.1 Å². The summed E-state index contributed by atoms with van der Waals surface area (Å²) in [5.74, 6) is 1.24. The van der Waals surface area contributed by atoms with Gasteiger partial charge < -0.3 is 4.74 Å². The number of hydrogen-bond acceptors (Lipinski definition) is 4. The molecular formula is C22H32O4. The molecule has 0 bridgehead atoms. The van der Waals surface area contributed by atoms with Crippen molar-refractivity contribution in [1.29, 1.82) is 0 Å². The summed E-state index contributed by atoms with van der Waals surface area (Å²) in [5, 5.41) is 0. The van der Waals surface area contributed by atoms with Crippen LogP contribution in [-0.2, 0) is 19.1 Å².